The summed E-state index contributed by atoms with van der Waals surface area (Å²) in [4.78, 5) is 1.25. The fraction of sp³-hybridized carbons (Fsp3) is 0.280. The average molecular weight is 391 g/mol. The Bertz CT molecular complexity index is 957. The second-order valence-electron chi connectivity index (χ2n) is 7.80. The number of nitrogens with one attached hydrogen (secondary N) is 1. The summed E-state index contributed by atoms with van der Waals surface area (Å²) >= 11 is 1.74. The molecule has 3 N–H and O–H groups in total. The van der Waals surface area contributed by atoms with Crippen molar-refractivity contribution < 1.29 is 0 Å². The molecular weight excluding hydrogens is 360 g/mol. The highest BCUT2D eigenvalue weighted by Crippen LogP contribution is 2.41. The molecule has 1 aromatic heterocycles. The molecule has 0 bridgehead atoms. The van der Waals surface area contributed by atoms with Gasteiger partial charge in [-0.25, -0.2) is 0 Å². The van der Waals surface area contributed by atoms with Crippen molar-refractivity contribution >= 4 is 23.1 Å². The molecule has 0 radical (unpaired) electrons. The van der Waals surface area contributed by atoms with E-state index in [0.717, 1.165) is 17.7 Å². The summed E-state index contributed by atoms with van der Waals surface area (Å²) in [6.45, 7) is 10.5. The minimum atomic E-state index is -0.266. The van der Waals surface area contributed by atoms with Crippen molar-refractivity contribution in [1.29, 1.82) is 0 Å². The maximum absolute atomic E-state index is 6.30. The Balaban J connectivity index is 1.98. The summed E-state index contributed by atoms with van der Waals surface area (Å²) in [5.74, 6) is 0.145. The first kappa shape index (κ1) is 20.4. The van der Waals surface area contributed by atoms with Crippen LogP contribution in [0.3, 0.4) is 0 Å². The maximum atomic E-state index is 6.30. The summed E-state index contributed by atoms with van der Waals surface area (Å²) in [6.07, 6.45) is 11.6. The molecule has 2 aromatic rings. The second kappa shape index (κ2) is 8.34. The number of allylic oxidation sites excluding steroid dienone is 4. The minimum absolute atomic E-state index is 0.145. The molecule has 0 aliphatic heterocycles. The second-order valence-corrected chi connectivity index (χ2v) is 8.71. The number of benzene rings is 1. The lowest BCUT2D eigenvalue weighted by atomic mass is 9.78. The SMILES string of the molecule is C=CC(c1ccc2c(c1)C=CC2)[C@](C)(NC)c1cc(/C(N)=C/C=C(C)C)cs1. The van der Waals surface area contributed by atoms with Crippen LogP contribution < -0.4 is 11.1 Å². The number of nitrogens with two attached hydrogens (primary N) is 1. The van der Waals surface area contributed by atoms with Crippen molar-refractivity contribution in [3.8, 4) is 0 Å². The van der Waals surface area contributed by atoms with Gasteiger partial charge >= 0.3 is 0 Å². The van der Waals surface area contributed by atoms with Gasteiger partial charge < -0.3 is 11.1 Å². The van der Waals surface area contributed by atoms with Crippen molar-refractivity contribution in [2.75, 3.05) is 7.05 Å². The third-order valence-electron chi connectivity index (χ3n) is 5.58. The van der Waals surface area contributed by atoms with Gasteiger partial charge in [-0.15, -0.1) is 17.9 Å². The van der Waals surface area contributed by atoms with Gasteiger partial charge in [-0.2, -0.15) is 0 Å². The van der Waals surface area contributed by atoms with Crippen molar-refractivity contribution in [1.82, 2.24) is 5.32 Å². The van der Waals surface area contributed by atoms with Crippen LogP contribution in [0, 0.1) is 0 Å². The van der Waals surface area contributed by atoms with E-state index in [1.165, 1.54) is 27.1 Å². The molecule has 0 amide bonds. The minimum Gasteiger partial charge on any atom is -0.398 e. The Hall–Kier alpha value is -2.36. The van der Waals surface area contributed by atoms with Crippen LogP contribution in [0.25, 0.3) is 11.8 Å². The van der Waals surface area contributed by atoms with Gasteiger partial charge in [0.15, 0.2) is 0 Å². The summed E-state index contributed by atoms with van der Waals surface area (Å²) in [7, 11) is 2.02. The molecule has 3 rings (SSSR count). The Morgan fingerprint density at radius 2 is 2.07 bits per heavy atom. The van der Waals surface area contributed by atoms with E-state index in [4.69, 9.17) is 5.73 Å². The summed E-state index contributed by atoms with van der Waals surface area (Å²) in [6, 6.07) is 9.00. The predicted molar refractivity (Wildman–Crippen MR) is 124 cm³/mol. The zero-order valence-corrected chi connectivity index (χ0v) is 18.1. The molecule has 0 saturated carbocycles. The smallest absolute Gasteiger partial charge is 0.0602 e. The van der Waals surface area contributed by atoms with Crippen LogP contribution in [0.1, 0.15) is 53.8 Å². The van der Waals surface area contributed by atoms with Crippen molar-refractivity contribution in [2.24, 2.45) is 5.73 Å². The lowest BCUT2D eigenvalue weighted by molar-refractivity contribution is 0.367. The van der Waals surface area contributed by atoms with E-state index in [0.29, 0.717) is 0 Å². The standard InChI is InChI=1S/C25H30N2S/c1-6-22(20-12-11-18-8-7-9-19(18)14-20)25(4,27-5)24-15-21(16-28-24)23(26)13-10-17(2)3/h6-7,9-16,22,27H,1,8,26H2,2-5H3/b23-13-/t22?,25-/m0/s1. The van der Waals surface area contributed by atoms with E-state index in [1.807, 2.05) is 13.1 Å². The first-order valence-corrected chi connectivity index (χ1v) is 10.6. The molecule has 1 aromatic carbocycles. The molecule has 1 aliphatic rings. The maximum Gasteiger partial charge on any atom is 0.0602 e. The van der Waals surface area contributed by atoms with E-state index in [9.17, 15) is 0 Å². The molecule has 28 heavy (non-hydrogen) atoms. The van der Waals surface area contributed by atoms with E-state index >= 15 is 0 Å². The van der Waals surface area contributed by atoms with Gasteiger partial charge in [0, 0.05) is 27.4 Å². The lowest BCUT2D eigenvalue weighted by Crippen LogP contribution is -2.41. The van der Waals surface area contributed by atoms with Crippen LogP contribution in [0.4, 0.5) is 0 Å². The van der Waals surface area contributed by atoms with Crippen molar-refractivity contribution in [2.45, 2.75) is 38.6 Å². The van der Waals surface area contributed by atoms with Crippen LogP contribution in [-0.2, 0) is 12.0 Å². The van der Waals surface area contributed by atoms with Crippen molar-refractivity contribution in [3.63, 3.8) is 0 Å². The average Bonchev–Trinajstić information content (AvgIpc) is 3.35. The number of thiophene rings is 1. The molecular formula is C25H30N2S. The van der Waals surface area contributed by atoms with Crippen LogP contribution >= 0.6 is 11.3 Å². The summed E-state index contributed by atoms with van der Waals surface area (Å²) in [5, 5.41) is 5.70. The monoisotopic (exact) mass is 390 g/mol. The number of rotatable bonds is 7. The van der Waals surface area contributed by atoms with Gasteiger partial charge in [0.25, 0.3) is 0 Å². The van der Waals surface area contributed by atoms with Crippen LogP contribution in [0.2, 0.25) is 0 Å². The number of hydrogen-bond donors (Lipinski definition) is 2. The first-order valence-electron chi connectivity index (χ1n) is 9.70. The molecule has 0 saturated heterocycles. The molecule has 0 fully saturated rings. The van der Waals surface area contributed by atoms with Gasteiger partial charge in [-0.3, -0.25) is 0 Å². The highest BCUT2D eigenvalue weighted by molar-refractivity contribution is 7.10. The van der Waals surface area contributed by atoms with Gasteiger partial charge in [-0.1, -0.05) is 48.1 Å². The van der Waals surface area contributed by atoms with Crippen LogP contribution in [-0.4, -0.2) is 7.05 Å². The molecule has 146 valence electrons. The predicted octanol–water partition coefficient (Wildman–Crippen LogP) is 5.99. The fourth-order valence-electron chi connectivity index (χ4n) is 3.71. The van der Waals surface area contributed by atoms with Gasteiger partial charge in [0.1, 0.15) is 0 Å². The number of hydrogen-bond acceptors (Lipinski definition) is 3. The highest BCUT2D eigenvalue weighted by Gasteiger charge is 2.35. The highest BCUT2D eigenvalue weighted by atomic mass is 32.1. The fourth-order valence-corrected chi connectivity index (χ4v) is 4.84. The molecule has 1 aliphatic carbocycles. The van der Waals surface area contributed by atoms with Gasteiger partial charge in [-0.05, 0) is 63.1 Å². The number of likely N-dealkylation sites (N-methyl/N-ethyl adjacent to an activating group) is 1. The Labute approximate surface area is 173 Å². The molecule has 2 nitrogen and oxygen atoms in total. The van der Waals surface area contributed by atoms with Crippen LogP contribution in [0.15, 0.2) is 66.1 Å². The molecule has 2 atom stereocenters. The third-order valence-corrected chi connectivity index (χ3v) is 6.75. The normalized spacial score (nSPS) is 16.4. The molecule has 1 heterocycles. The zero-order valence-electron chi connectivity index (χ0n) is 17.3. The quantitative estimate of drug-likeness (QED) is 0.450. The van der Waals surface area contributed by atoms with Crippen molar-refractivity contribution in [3.05, 3.63) is 93.2 Å². The van der Waals surface area contributed by atoms with Gasteiger partial charge in [0.05, 0.1) is 5.54 Å². The summed E-state index contributed by atoms with van der Waals surface area (Å²) < 4.78 is 0. The van der Waals surface area contributed by atoms with Crippen LogP contribution in [0.5, 0.6) is 0 Å². The zero-order chi connectivity index (χ0) is 20.3. The van der Waals surface area contributed by atoms with E-state index in [2.05, 4.69) is 86.6 Å². The molecule has 1 unspecified atom stereocenters. The Kier molecular flexibility index (Phi) is 6.07. The van der Waals surface area contributed by atoms with E-state index < -0.39 is 0 Å². The van der Waals surface area contributed by atoms with E-state index in [1.54, 1.807) is 11.3 Å². The topological polar surface area (TPSA) is 38.0 Å². The number of fused-ring (bicyclic) bond motifs is 1. The lowest BCUT2D eigenvalue weighted by Gasteiger charge is -2.36. The third kappa shape index (κ3) is 3.91. The van der Waals surface area contributed by atoms with E-state index in [-0.39, 0.29) is 11.5 Å². The Morgan fingerprint density at radius 1 is 1.29 bits per heavy atom. The Morgan fingerprint density at radius 3 is 2.75 bits per heavy atom. The largest absolute Gasteiger partial charge is 0.398 e. The molecule has 3 heteroatoms. The first-order chi connectivity index (χ1) is 13.4. The van der Waals surface area contributed by atoms with Gasteiger partial charge in [0.2, 0.25) is 0 Å². The summed E-state index contributed by atoms with van der Waals surface area (Å²) in [5.41, 5.74) is 13.1. The molecule has 0 spiro atoms.